The van der Waals surface area contributed by atoms with E-state index in [0.29, 0.717) is 5.75 Å². The van der Waals surface area contributed by atoms with Crippen molar-refractivity contribution in [2.75, 3.05) is 39.5 Å². The monoisotopic (exact) mass is 293 g/mol. The van der Waals surface area contributed by atoms with E-state index in [1.807, 2.05) is 38.1 Å². The van der Waals surface area contributed by atoms with Crippen LogP contribution < -0.4 is 4.74 Å². The van der Waals surface area contributed by atoms with E-state index in [1.54, 1.807) is 0 Å². The van der Waals surface area contributed by atoms with E-state index in [0.717, 1.165) is 38.4 Å². The number of hydrogen-bond acceptors (Lipinski definition) is 5. The number of carbonyl (C=O) groups excluding carboxylic acids is 1. The maximum Gasteiger partial charge on any atom is 0.344 e. The van der Waals surface area contributed by atoms with Crippen LogP contribution in [0.4, 0.5) is 0 Å². The predicted molar refractivity (Wildman–Crippen MR) is 79.5 cm³/mol. The van der Waals surface area contributed by atoms with Gasteiger partial charge in [-0.25, -0.2) is 4.79 Å². The van der Waals surface area contributed by atoms with Crippen LogP contribution in [0.5, 0.6) is 5.75 Å². The topological polar surface area (TPSA) is 48.0 Å². The van der Waals surface area contributed by atoms with Crippen molar-refractivity contribution >= 4 is 5.97 Å². The second-order valence-electron chi connectivity index (χ2n) is 5.32. The van der Waals surface area contributed by atoms with Gasteiger partial charge in [0.2, 0.25) is 0 Å². The van der Waals surface area contributed by atoms with Gasteiger partial charge in [0.1, 0.15) is 11.9 Å². The van der Waals surface area contributed by atoms with E-state index >= 15 is 0 Å². The van der Waals surface area contributed by atoms with Gasteiger partial charge in [-0.3, -0.25) is 4.90 Å². The van der Waals surface area contributed by atoms with Crippen LogP contribution in [0, 0.1) is 6.92 Å². The number of hydrogen-bond donors (Lipinski definition) is 0. The molecule has 1 aromatic rings. The molecule has 1 aromatic carbocycles. The smallest absolute Gasteiger partial charge is 0.344 e. The average molecular weight is 293 g/mol. The first-order valence-electron chi connectivity index (χ1n) is 7.32. The highest BCUT2D eigenvalue weighted by Gasteiger charge is 2.16. The van der Waals surface area contributed by atoms with Crippen LogP contribution in [-0.4, -0.2) is 56.4 Å². The van der Waals surface area contributed by atoms with Gasteiger partial charge in [0.25, 0.3) is 0 Å². The molecule has 1 atom stereocenters. The summed E-state index contributed by atoms with van der Waals surface area (Å²) < 4.78 is 16.1. The molecular weight excluding hydrogens is 270 g/mol. The third-order valence-corrected chi connectivity index (χ3v) is 3.30. The van der Waals surface area contributed by atoms with Gasteiger partial charge >= 0.3 is 5.97 Å². The summed E-state index contributed by atoms with van der Waals surface area (Å²) in [4.78, 5) is 14.0. The summed E-state index contributed by atoms with van der Waals surface area (Å²) in [6, 6.07) is 7.61. The molecule has 1 aliphatic heterocycles. The number of aryl methyl sites for hydroxylation is 1. The van der Waals surface area contributed by atoms with Gasteiger partial charge in [0.15, 0.2) is 6.61 Å². The van der Waals surface area contributed by atoms with Crippen LogP contribution in [0.25, 0.3) is 0 Å². The third kappa shape index (κ3) is 5.73. The van der Waals surface area contributed by atoms with Crippen LogP contribution in [-0.2, 0) is 14.3 Å². The number of esters is 1. The number of ether oxygens (including phenoxy) is 3. The quantitative estimate of drug-likeness (QED) is 0.746. The Hall–Kier alpha value is -1.59. The number of carbonyl (C=O) groups is 1. The summed E-state index contributed by atoms with van der Waals surface area (Å²) in [6.45, 7) is 7.84. The SMILES string of the molecule is Cc1cccc(OCC(=O)O[C@@H](C)CN2CCOCC2)c1. The first-order chi connectivity index (χ1) is 10.1. The molecule has 5 heteroatoms. The van der Waals surface area contributed by atoms with E-state index in [4.69, 9.17) is 14.2 Å². The van der Waals surface area contributed by atoms with Crippen molar-refractivity contribution in [2.45, 2.75) is 20.0 Å². The summed E-state index contributed by atoms with van der Waals surface area (Å²) in [7, 11) is 0. The molecule has 2 rings (SSSR count). The zero-order chi connectivity index (χ0) is 15.1. The van der Waals surface area contributed by atoms with E-state index in [-0.39, 0.29) is 18.7 Å². The molecule has 116 valence electrons. The number of morpholine rings is 1. The number of nitrogens with zero attached hydrogens (tertiary/aromatic N) is 1. The Morgan fingerprint density at radius 2 is 2.14 bits per heavy atom. The average Bonchev–Trinajstić information content (AvgIpc) is 2.46. The highest BCUT2D eigenvalue weighted by Crippen LogP contribution is 2.12. The van der Waals surface area contributed by atoms with Gasteiger partial charge in [-0.15, -0.1) is 0 Å². The van der Waals surface area contributed by atoms with Crippen molar-refractivity contribution in [1.29, 1.82) is 0 Å². The molecule has 0 bridgehead atoms. The summed E-state index contributed by atoms with van der Waals surface area (Å²) in [6.07, 6.45) is -0.142. The van der Waals surface area contributed by atoms with E-state index < -0.39 is 0 Å². The van der Waals surface area contributed by atoms with Gasteiger partial charge < -0.3 is 14.2 Å². The van der Waals surface area contributed by atoms with Gasteiger partial charge in [0, 0.05) is 19.6 Å². The van der Waals surface area contributed by atoms with Crippen molar-refractivity contribution in [1.82, 2.24) is 4.90 Å². The van der Waals surface area contributed by atoms with E-state index in [1.165, 1.54) is 0 Å². The fourth-order valence-corrected chi connectivity index (χ4v) is 2.29. The van der Waals surface area contributed by atoms with Gasteiger partial charge in [-0.05, 0) is 31.5 Å². The zero-order valence-corrected chi connectivity index (χ0v) is 12.7. The molecule has 0 N–H and O–H groups in total. The Morgan fingerprint density at radius 1 is 1.38 bits per heavy atom. The molecule has 0 unspecified atom stereocenters. The van der Waals surface area contributed by atoms with E-state index in [2.05, 4.69) is 4.90 Å². The van der Waals surface area contributed by atoms with Crippen molar-refractivity contribution in [3.8, 4) is 5.75 Å². The van der Waals surface area contributed by atoms with E-state index in [9.17, 15) is 4.79 Å². The summed E-state index contributed by atoms with van der Waals surface area (Å²) >= 11 is 0. The van der Waals surface area contributed by atoms with Gasteiger partial charge in [-0.1, -0.05) is 12.1 Å². The molecular formula is C16H23NO4. The molecule has 21 heavy (non-hydrogen) atoms. The molecule has 1 heterocycles. The molecule has 1 saturated heterocycles. The fourth-order valence-electron chi connectivity index (χ4n) is 2.29. The van der Waals surface area contributed by atoms with Gasteiger partial charge in [-0.2, -0.15) is 0 Å². The second-order valence-corrected chi connectivity index (χ2v) is 5.32. The van der Waals surface area contributed by atoms with Crippen LogP contribution in [0.15, 0.2) is 24.3 Å². The predicted octanol–water partition coefficient (Wildman–Crippen LogP) is 1.64. The van der Waals surface area contributed by atoms with Gasteiger partial charge in [0.05, 0.1) is 13.2 Å². The van der Waals surface area contributed by atoms with Crippen molar-refractivity contribution in [3.05, 3.63) is 29.8 Å². The van der Waals surface area contributed by atoms with Crippen LogP contribution in [0.3, 0.4) is 0 Å². The largest absolute Gasteiger partial charge is 0.482 e. The lowest BCUT2D eigenvalue weighted by atomic mass is 10.2. The number of rotatable bonds is 6. The maximum atomic E-state index is 11.8. The summed E-state index contributed by atoms with van der Waals surface area (Å²) in [5.41, 5.74) is 1.10. The minimum Gasteiger partial charge on any atom is -0.482 e. The van der Waals surface area contributed by atoms with Crippen molar-refractivity contribution in [3.63, 3.8) is 0 Å². The molecule has 1 fully saturated rings. The number of benzene rings is 1. The van der Waals surface area contributed by atoms with Crippen LogP contribution in [0.2, 0.25) is 0 Å². The first-order valence-corrected chi connectivity index (χ1v) is 7.32. The Kier molecular flexibility index (Phi) is 6.02. The molecule has 0 radical (unpaired) electrons. The molecule has 1 aliphatic rings. The normalized spacial score (nSPS) is 17.2. The molecule has 0 amide bonds. The Balaban J connectivity index is 1.68. The Labute approximate surface area is 125 Å². The fraction of sp³-hybridized carbons (Fsp3) is 0.562. The molecule has 0 saturated carbocycles. The second kappa shape index (κ2) is 8.00. The highest BCUT2D eigenvalue weighted by atomic mass is 16.6. The molecule has 5 nitrogen and oxygen atoms in total. The lowest BCUT2D eigenvalue weighted by Gasteiger charge is -2.28. The minimum atomic E-state index is -0.336. The van der Waals surface area contributed by atoms with Crippen molar-refractivity contribution < 1.29 is 19.0 Å². The molecule has 0 aliphatic carbocycles. The van der Waals surface area contributed by atoms with Crippen molar-refractivity contribution in [2.24, 2.45) is 0 Å². The molecule has 0 aromatic heterocycles. The van der Waals surface area contributed by atoms with Crippen LogP contribution in [0.1, 0.15) is 12.5 Å². The Morgan fingerprint density at radius 3 is 2.86 bits per heavy atom. The highest BCUT2D eigenvalue weighted by molar-refractivity contribution is 5.71. The Bertz CT molecular complexity index is 457. The first kappa shape index (κ1) is 15.8. The molecule has 0 spiro atoms. The summed E-state index contributed by atoms with van der Waals surface area (Å²) in [5.74, 6) is 0.352. The lowest BCUT2D eigenvalue weighted by molar-refractivity contribution is -0.151. The zero-order valence-electron chi connectivity index (χ0n) is 12.7. The maximum absolute atomic E-state index is 11.8. The third-order valence-electron chi connectivity index (χ3n) is 3.30. The lowest BCUT2D eigenvalue weighted by Crippen LogP contribution is -2.41. The summed E-state index contributed by atoms with van der Waals surface area (Å²) in [5, 5.41) is 0. The van der Waals surface area contributed by atoms with Crippen LogP contribution >= 0.6 is 0 Å². The standard InChI is InChI=1S/C16H23NO4/c1-13-4-3-5-15(10-13)20-12-16(18)21-14(2)11-17-6-8-19-9-7-17/h3-5,10,14H,6-9,11-12H2,1-2H3/t14-/m0/s1. The minimum absolute atomic E-state index is 0.0586.